The lowest BCUT2D eigenvalue weighted by atomic mass is 9.89. The van der Waals surface area contributed by atoms with Gasteiger partial charge in [0.1, 0.15) is 0 Å². The van der Waals surface area contributed by atoms with E-state index in [0.717, 1.165) is 105 Å². The van der Waals surface area contributed by atoms with Gasteiger partial charge in [0.25, 0.3) is 0 Å². The Morgan fingerprint density at radius 2 is 0.287 bits per heavy atom. The second kappa shape index (κ2) is 39.9. The van der Waals surface area contributed by atoms with Crippen LogP contribution in [0.5, 0.6) is 0 Å². The van der Waals surface area contributed by atoms with Crippen molar-refractivity contribution in [3.05, 3.63) is 552 Å². The molecule has 0 aliphatic rings. The number of benzene rings is 25. The molecule has 0 atom stereocenters. The van der Waals surface area contributed by atoms with Crippen molar-refractivity contribution in [3.63, 3.8) is 0 Å². The van der Waals surface area contributed by atoms with E-state index < -0.39 is 0 Å². The number of nitrogens with zero attached hydrogens (tertiary/aromatic N) is 9. The number of fused-ring (bicyclic) bond motifs is 13. The summed E-state index contributed by atoms with van der Waals surface area (Å²) < 4.78 is 0. The maximum absolute atomic E-state index is 5.28. The first-order valence-corrected chi connectivity index (χ1v) is 50.7. The van der Waals surface area contributed by atoms with E-state index >= 15 is 0 Å². The number of rotatable bonds is 16. The third-order valence-corrected chi connectivity index (χ3v) is 28.5. The molecule has 0 saturated heterocycles. The highest BCUT2D eigenvalue weighted by atomic mass is 15.1. The fraction of sp³-hybridized carbons (Fsp3) is 0. The molecule has 0 fully saturated rings. The van der Waals surface area contributed by atoms with Gasteiger partial charge in [0.05, 0.1) is 0 Å². The molecule has 0 unspecified atom stereocenters. The van der Waals surface area contributed by atoms with Crippen LogP contribution < -0.4 is 0 Å². The van der Waals surface area contributed by atoms with Crippen molar-refractivity contribution < 1.29 is 0 Å². The first-order valence-electron chi connectivity index (χ1n) is 50.7. The Labute approximate surface area is 868 Å². The molecule has 3 aromatic heterocycles. The van der Waals surface area contributed by atoms with Crippen molar-refractivity contribution in [2.24, 2.45) is 0 Å². The van der Waals surface area contributed by atoms with E-state index in [4.69, 9.17) is 44.9 Å². The Hall–Kier alpha value is -20.1. The molecule has 9 heteroatoms. The van der Waals surface area contributed by atoms with Crippen LogP contribution in [-0.2, 0) is 0 Å². The van der Waals surface area contributed by atoms with Crippen LogP contribution in [0, 0.1) is 0 Å². The first kappa shape index (κ1) is 89.9. The van der Waals surface area contributed by atoms with Crippen LogP contribution in [0.15, 0.2) is 552 Å². The van der Waals surface area contributed by atoms with E-state index in [1.807, 2.05) is 78.9 Å². The van der Waals surface area contributed by atoms with E-state index in [2.05, 4.69) is 473 Å². The summed E-state index contributed by atoms with van der Waals surface area (Å²) in [6.07, 6.45) is 0. The molecule has 700 valence electrons. The highest BCUT2D eigenvalue weighted by Crippen LogP contribution is 2.46. The quantitative estimate of drug-likeness (QED) is 0.0872. The van der Waals surface area contributed by atoms with Crippen LogP contribution in [-0.4, -0.2) is 44.9 Å². The summed E-state index contributed by atoms with van der Waals surface area (Å²) in [5.41, 5.74) is 24.6. The average molecular weight is 1910 g/mol. The van der Waals surface area contributed by atoms with Crippen LogP contribution in [0.3, 0.4) is 0 Å². The Morgan fingerprint density at radius 3 is 0.707 bits per heavy atom. The highest BCUT2D eigenvalue weighted by molar-refractivity contribution is 6.18. The van der Waals surface area contributed by atoms with E-state index in [0.29, 0.717) is 52.4 Å². The third kappa shape index (κ3) is 17.8. The van der Waals surface area contributed by atoms with E-state index in [-0.39, 0.29) is 0 Å². The van der Waals surface area contributed by atoms with Gasteiger partial charge in [0.15, 0.2) is 52.4 Å². The van der Waals surface area contributed by atoms with Gasteiger partial charge in [-0.25, -0.2) is 44.9 Å². The summed E-state index contributed by atoms with van der Waals surface area (Å²) in [4.78, 5) is 46.1. The molecule has 28 aromatic rings. The fourth-order valence-electron chi connectivity index (χ4n) is 21.2. The summed E-state index contributed by atoms with van der Waals surface area (Å²) in [6.45, 7) is 0. The third-order valence-electron chi connectivity index (χ3n) is 28.5. The van der Waals surface area contributed by atoms with Crippen molar-refractivity contribution in [2.75, 3.05) is 0 Å². The second-order valence-corrected chi connectivity index (χ2v) is 37.7. The molecule has 0 amide bonds. The molecule has 3 heterocycles. The molecule has 0 aliphatic heterocycles. The monoisotopic (exact) mass is 1910 g/mol. The lowest BCUT2D eigenvalue weighted by Crippen LogP contribution is -2.02. The van der Waals surface area contributed by atoms with Gasteiger partial charge < -0.3 is 0 Å². The van der Waals surface area contributed by atoms with Crippen LogP contribution in [0.1, 0.15) is 0 Å². The molecular formula is C141H91N9. The molecule has 0 radical (unpaired) electrons. The van der Waals surface area contributed by atoms with Crippen molar-refractivity contribution in [1.82, 2.24) is 44.9 Å². The number of hydrogen-bond donors (Lipinski definition) is 0. The molecule has 9 nitrogen and oxygen atoms in total. The Kier molecular flexibility index (Phi) is 23.9. The van der Waals surface area contributed by atoms with Crippen molar-refractivity contribution in [2.45, 2.75) is 0 Å². The smallest absolute Gasteiger partial charge is 0.164 e. The van der Waals surface area contributed by atoms with E-state index in [9.17, 15) is 0 Å². The Morgan fingerprint density at radius 1 is 0.0800 bits per heavy atom. The highest BCUT2D eigenvalue weighted by Gasteiger charge is 2.24. The van der Waals surface area contributed by atoms with Gasteiger partial charge in [-0.3, -0.25) is 0 Å². The number of hydrogen-bond acceptors (Lipinski definition) is 9. The van der Waals surface area contributed by atoms with Gasteiger partial charge >= 0.3 is 0 Å². The van der Waals surface area contributed by atoms with Crippen LogP contribution in [0.4, 0.5) is 0 Å². The predicted molar refractivity (Wildman–Crippen MR) is 624 cm³/mol. The maximum Gasteiger partial charge on any atom is 0.164 e. The van der Waals surface area contributed by atoms with Gasteiger partial charge in [-0.05, 0) is 223 Å². The van der Waals surface area contributed by atoms with Crippen LogP contribution >= 0.6 is 0 Å². The molecule has 0 saturated carbocycles. The maximum atomic E-state index is 5.28. The van der Waals surface area contributed by atoms with Crippen LogP contribution in [0.25, 0.3) is 277 Å². The number of aromatic nitrogens is 9. The summed E-state index contributed by atoms with van der Waals surface area (Å²) in [5, 5.41) is 21.9. The van der Waals surface area contributed by atoms with Crippen molar-refractivity contribution >= 4 is 97.0 Å². The molecule has 0 bridgehead atoms. The molecule has 150 heavy (non-hydrogen) atoms. The molecular weight excluding hydrogens is 1820 g/mol. The largest absolute Gasteiger partial charge is 0.208 e. The molecule has 0 N–H and O–H groups in total. The zero-order valence-electron chi connectivity index (χ0n) is 81.6. The van der Waals surface area contributed by atoms with Gasteiger partial charge in [0, 0.05) is 50.1 Å². The van der Waals surface area contributed by atoms with Gasteiger partial charge in [-0.15, -0.1) is 0 Å². The van der Waals surface area contributed by atoms with Gasteiger partial charge in [-0.1, -0.05) is 504 Å². The topological polar surface area (TPSA) is 116 Å². The predicted octanol–water partition coefficient (Wildman–Crippen LogP) is 36.7. The molecule has 28 rings (SSSR count). The lowest BCUT2D eigenvalue weighted by molar-refractivity contribution is 1.07. The fourth-order valence-corrected chi connectivity index (χ4v) is 21.2. The Bertz CT molecular complexity index is 9820. The van der Waals surface area contributed by atoms with Crippen LogP contribution in [0.2, 0.25) is 0 Å². The minimum atomic E-state index is 0.632. The van der Waals surface area contributed by atoms with Crippen molar-refractivity contribution in [3.8, 4) is 180 Å². The normalized spacial score (nSPS) is 11.3. The van der Waals surface area contributed by atoms with Crippen molar-refractivity contribution in [1.29, 1.82) is 0 Å². The SMILES string of the molecule is c1ccc(-c2ccc(-c3nc(-c4ccc(-c5ccccc5)cc4)nc(-c4ccc(-c5cc6ccccc6c6ccccc56)cc4)n3)cc2)cc1.c1ccc(-c2ccccc2-c2nc(-c3cccc(-c4cc5ccccc5c5ccccc45)c3)nc(-c3cc4ccccc4c4ccccc34)n2)cc1.c1ccc(-c2nc(-c3ccccc3)nc(-c3cc(-c4cccc5ccccc45)cc(-c4cc5ccccc5c5ccccc45)c3)n2)cc1. The summed E-state index contributed by atoms with van der Waals surface area (Å²) in [5.74, 6) is 5.76. The van der Waals surface area contributed by atoms with E-state index in [1.54, 1.807) is 0 Å². The zero-order valence-corrected chi connectivity index (χ0v) is 81.6. The van der Waals surface area contributed by atoms with Gasteiger partial charge in [0.2, 0.25) is 0 Å². The zero-order chi connectivity index (χ0) is 99.6. The second-order valence-electron chi connectivity index (χ2n) is 37.7. The minimum absolute atomic E-state index is 0.632. The van der Waals surface area contributed by atoms with E-state index in [1.165, 1.54) is 120 Å². The molecule has 0 spiro atoms. The first-order chi connectivity index (χ1) is 74.3. The van der Waals surface area contributed by atoms with Gasteiger partial charge in [-0.2, -0.15) is 0 Å². The Balaban J connectivity index is 0.000000114. The standard InChI is InChI=1S/C49H31N3.C47H31N3.C45H29N3/c1-2-15-32(16-3-1)37-21-8-13-28-44(37)48-50-47(51-49(52-48)46-31-35-18-5-7-23-39(35)41-25-10-12-27-43(41)46)36-20-14-19-33(29-36)45-30-34-17-4-6-22-38(34)40-24-9-11-26-42(40)45;1-3-11-32(12-4-1)34-19-25-37(26-20-34)45-48-46(38-27-21-35(22-28-38)33-13-5-2-6-14-33)50-47(49-45)39-29-23-36(24-30-39)44-31-40-15-7-8-16-41(40)42-17-9-10-18-43(42)44;1-3-15-31(16-4-1)43-46-44(32-17-5-2-6-18-32)48-45(47-43)36-27-34(39-25-13-20-30-14-7-9-21-37(30)39)26-35(28-36)42-29-33-19-8-10-22-38(33)40-23-11-12-24-41(40)42/h1-31H;1-31H;1-29H. The summed E-state index contributed by atoms with van der Waals surface area (Å²) in [6, 6.07) is 194. The summed E-state index contributed by atoms with van der Waals surface area (Å²) >= 11 is 0. The summed E-state index contributed by atoms with van der Waals surface area (Å²) in [7, 11) is 0. The molecule has 25 aromatic carbocycles. The average Bonchev–Trinajstić information content (AvgIpc) is 0.756. The minimum Gasteiger partial charge on any atom is -0.208 e. The lowest BCUT2D eigenvalue weighted by Gasteiger charge is -2.16. The molecule has 0 aliphatic carbocycles.